The fraction of sp³-hybridized carbons (Fsp3) is 0.778. The van der Waals surface area contributed by atoms with Gasteiger partial charge in [-0.05, 0) is 12.8 Å². The average molecular weight is 201 g/mol. The lowest BCUT2D eigenvalue weighted by molar-refractivity contribution is -0.128. The summed E-state index contributed by atoms with van der Waals surface area (Å²) in [4.78, 5) is 22.2. The molecule has 2 atom stereocenters. The van der Waals surface area contributed by atoms with Crippen molar-refractivity contribution in [1.82, 2.24) is 5.32 Å². The normalized spacial score (nSPS) is 14.9. The predicted molar refractivity (Wildman–Crippen MR) is 54.2 cm³/mol. The molecule has 5 N–H and O–H groups in total. The van der Waals surface area contributed by atoms with Crippen LogP contribution in [0.25, 0.3) is 0 Å². The Morgan fingerprint density at radius 3 is 2.07 bits per heavy atom. The van der Waals surface area contributed by atoms with Crippen LogP contribution in [0.4, 0.5) is 0 Å². The number of rotatable bonds is 5. The summed E-state index contributed by atoms with van der Waals surface area (Å²) in [6.45, 7) is 5.37. The first kappa shape index (κ1) is 12.9. The monoisotopic (exact) mass is 201 g/mol. The van der Waals surface area contributed by atoms with Gasteiger partial charge in [0.15, 0.2) is 0 Å². The van der Waals surface area contributed by atoms with Crippen LogP contribution in [0.5, 0.6) is 0 Å². The third-order valence-electron chi connectivity index (χ3n) is 1.80. The molecule has 5 nitrogen and oxygen atoms in total. The topological polar surface area (TPSA) is 98.2 Å². The Hall–Kier alpha value is -1.10. The molecule has 5 heteroatoms. The van der Waals surface area contributed by atoms with Gasteiger partial charge in [-0.25, -0.2) is 0 Å². The lowest BCUT2D eigenvalue weighted by atomic mass is 10.0. The quantitative estimate of drug-likeness (QED) is 0.551. The van der Waals surface area contributed by atoms with Crippen LogP contribution in [0.1, 0.15) is 27.2 Å². The highest BCUT2D eigenvalue weighted by atomic mass is 16.2. The van der Waals surface area contributed by atoms with Gasteiger partial charge in [-0.3, -0.25) is 9.59 Å². The van der Waals surface area contributed by atoms with E-state index < -0.39 is 11.9 Å². The second kappa shape index (κ2) is 5.59. The molecule has 0 aromatic heterocycles. The van der Waals surface area contributed by atoms with Crippen molar-refractivity contribution in [1.29, 1.82) is 0 Å². The van der Waals surface area contributed by atoms with Crippen molar-refractivity contribution in [2.24, 2.45) is 17.4 Å². The summed E-state index contributed by atoms with van der Waals surface area (Å²) in [6, 6.07) is -0.822. The van der Waals surface area contributed by atoms with E-state index in [-0.39, 0.29) is 24.3 Å². The SMILES string of the molecule is CC(N)CC(=O)NC(C(N)=O)C(C)C. The van der Waals surface area contributed by atoms with Crippen LogP contribution >= 0.6 is 0 Å². The van der Waals surface area contributed by atoms with Crippen molar-refractivity contribution in [3.05, 3.63) is 0 Å². The van der Waals surface area contributed by atoms with Crippen LogP contribution in [0.2, 0.25) is 0 Å². The minimum Gasteiger partial charge on any atom is -0.368 e. The van der Waals surface area contributed by atoms with Crippen molar-refractivity contribution in [2.75, 3.05) is 0 Å². The van der Waals surface area contributed by atoms with Gasteiger partial charge in [0, 0.05) is 12.5 Å². The summed E-state index contributed by atoms with van der Waals surface area (Å²) in [5, 5.41) is 2.55. The molecule has 0 aliphatic rings. The van der Waals surface area contributed by atoms with Gasteiger partial charge in [0.1, 0.15) is 6.04 Å². The van der Waals surface area contributed by atoms with Crippen molar-refractivity contribution in [3.63, 3.8) is 0 Å². The van der Waals surface area contributed by atoms with Gasteiger partial charge in [0.2, 0.25) is 11.8 Å². The van der Waals surface area contributed by atoms with Crippen molar-refractivity contribution in [3.8, 4) is 0 Å². The van der Waals surface area contributed by atoms with E-state index in [9.17, 15) is 9.59 Å². The van der Waals surface area contributed by atoms with E-state index in [2.05, 4.69) is 5.32 Å². The molecule has 0 aliphatic carbocycles. The first-order chi connectivity index (χ1) is 6.34. The van der Waals surface area contributed by atoms with Crippen LogP contribution in [-0.4, -0.2) is 23.9 Å². The van der Waals surface area contributed by atoms with E-state index in [1.807, 2.05) is 13.8 Å². The van der Waals surface area contributed by atoms with Crippen LogP contribution in [0, 0.1) is 5.92 Å². The summed E-state index contributed by atoms with van der Waals surface area (Å²) in [6.07, 6.45) is 0.205. The summed E-state index contributed by atoms with van der Waals surface area (Å²) in [5.41, 5.74) is 10.6. The number of primary amides is 1. The van der Waals surface area contributed by atoms with Gasteiger partial charge in [-0.2, -0.15) is 0 Å². The molecular formula is C9H19N3O2. The predicted octanol–water partition coefficient (Wildman–Crippen LogP) is -0.650. The van der Waals surface area contributed by atoms with Crippen LogP contribution in [0.3, 0.4) is 0 Å². The summed E-state index contributed by atoms with van der Waals surface area (Å²) < 4.78 is 0. The molecule has 0 fully saturated rings. The van der Waals surface area contributed by atoms with Gasteiger partial charge in [0.25, 0.3) is 0 Å². The Bertz CT molecular complexity index is 214. The standard InChI is InChI=1S/C9H19N3O2/c1-5(2)8(9(11)14)12-7(13)4-6(3)10/h5-6,8H,4,10H2,1-3H3,(H2,11,14)(H,12,13). The molecule has 2 unspecified atom stereocenters. The van der Waals surface area contributed by atoms with Gasteiger partial charge in [0.05, 0.1) is 0 Å². The zero-order valence-corrected chi connectivity index (χ0v) is 8.91. The zero-order valence-electron chi connectivity index (χ0n) is 8.91. The average Bonchev–Trinajstić information content (AvgIpc) is 1.97. The fourth-order valence-corrected chi connectivity index (χ4v) is 1.09. The second-order valence-electron chi connectivity index (χ2n) is 3.87. The fourth-order valence-electron chi connectivity index (χ4n) is 1.09. The van der Waals surface area contributed by atoms with Gasteiger partial charge < -0.3 is 16.8 Å². The van der Waals surface area contributed by atoms with E-state index in [1.165, 1.54) is 0 Å². The van der Waals surface area contributed by atoms with E-state index >= 15 is 0 Å². The Morgan fingerprint density at radius 1 is 1.29 bits per heavy atom. The summed E-state index contributed by atoms with van der Waals surface area (Å²) in [7, 11) is 0. The Kier molecular flexibility index (Phi) is 5.15. The van der Waals surface area contributed by atoms with E-state index in [4.69, 9.17) is 11.5 Å². The van der Waals surface area contributed by atoms with E-state index in [0.29, 0.717) is 0 Å². The first-order valence-corrected chi connectivity index (χ1v) is 4.68. The van der Waals surface area contributed by atoms with Crippen molar-refractivity contribution in [2.45, 2.75) is 39.3 Å². The van der Waals surface area contributed by atoms with Gasteiger partial charge in [-0.15, -0.1) is 0 Å². The maximum Gasteiger partial charge on any atom is 0.240 e. The Labute approximate surface area is 84.2 Å². The molecular weight excluding hydrogens is 182 g/mol. The molecule has 0 aromatic rings. The molecule has 0 aromatic carbocycles. The Morgan fingerprint density at radius 2 is 1.79 bits per heavy atom. The lowest BCUT2D eigenvalue weighted by Crippen LogP contribution is -2.48. The maximum atomic E-state index is 11.3. The smallest absolute Gasteiger partial charge is 0.240 e. The number of nitrogens with two attached hydrogens (primary N) is 2. The molecule has 0 saturated carbocycles. The molecule has 2 amide bonds. The van der Waals surface area contributed by atoms with Crippen LogP contribution in [-0.2, 0) is 9.59 Å². The molecule has 82 valence electrons. The Balaban J connectivity index is 4.17. The molecule has 0 rings (SSSR count). The van der Waals surface area contributed by atoms with Crippen LogP contribution < -0.4 is 16.8 Å². The summed E-state index contributed by atoms with van der Waals surface area (Å²) in [5.74, 6) is -0.764. The van der Waals surface area contributed by atoms with Crippen molar-refractivity contribution >= 4 is 11.8 Å². The molecule has 14 heavy (non-hydrogen) atoms. The number of hydrogen-bond acceptors (Lipinski definition) is 3. The van der Waals surface area contributed by atoms with E-state index in [0.717, 1.165) is 0 Å². The molecule has 0 radical (unpaired) electrons. The second-order valence-corrected chi connectivity index (χ2v) is 3.87. The highest BCUT2D eigenvalue weighted by Crippen LogP contribution is 2.01. The maximum absolute atomic E-state index is 11.3. The van der Waals surface area contributed by atoms with E-state index in [1.54, 1.807) is 6.92 Å². The third kappa shape index (κ3) is 4.81. The number of carbonyl (C=O) groups is 2. The number of carbonyl (C=O) groups excluding carboxylic acids is 2. The molecule has 0 saturated heterocycles. The molecule has 0 aliphatic heterocycles. The highest BCUT2D eigenvalue weighted by molar-refractivity contribution is 5.86. The lowest BCUT2D eigenvalue weighted by Gasteiger charge is -2.19. The first-order valence-electron chi connectivity index (χ1n) is 4.68. The van der Waals surface area contributed by atoms with Gasteiger partial charge in [-0.1, -0.05) is 13.8 Å². The molecule has 0 bridgehead atoms. The molecule has 0 spiro atoms. The minimum absolute atomic E-state index is 0.00969. The highest BCUT2D eigenvalue weighted by Gasteiger charge is 2.21. The summed E-state index contributed by atoms with van der Waals surface area (Å²) >= 11 is 0. The minimum atomic E-state index is -0.610. The van der Waals surface area contributed by atoms with Crippen molar-refractivity contribution < 1.29 is 9.59 Å². The zero-order chi connectivity index (χ0) is 11.3. The number of hydrogen-bond donors (Lipinski definition) is 3. The van der Waals surface area contributed by atoms with Crippen LogP contribution in [0.15, 0.2) is 0 Å². The largest absolute Gasteiger partial charge is 0.368 e. The third-order valence-corrected chi connectivity index (χ3v) is 1.80. The number of nitrogens with one attached hydrogen (secondary N) is 1. The molecule has 0 heterocycles. The number of amides is 2. The van der Waals surface area contributed by atoms with Gasteiger partial charge >= 0.3 is 0 Å².